The molecule has 1 heterocycles. The Hall–Kier alpha value is -1.79. The van der Waals surface area contributed by atoms with E-state index in [1.807, 2.05) is 12.1 Å². The molecule has 1 unspecified atom stereocenters. The molecule has 1 saturated heterocycles. The van der Waals surface area contributed by atoms with Gasteiger partial charge in [0.25, 0.3) is 0 Å². The number of carboxylic acid groups (broad SMARTS) is 1. The average molecular weight is 323 g/mol. The van der Waals surface area contributed by atoms with E-state index in [2.05, 4.69) is 18.7 Å². The molecule has 0 radical (unpaired) electrons. The van der Waals surface area contributed by atoms with Crippen LogP contribution in [-0.2, 0) is 16.1 Å². The molecule has 1 N–H and O–H groups in total. The first-order valence-corrected chi connectivity index (χ1v) is 7.74. The Labute approximate surface area is 136 Å². The molecule has 6 heteroatoms. The van der Waals surface area contributed by atoms with Crippen LogP contribution in [-0.4, -0.2) is 54.5 Å². The van der Waals surface area contributed by atoms with Crippen LogP contribution in [0.2, 0.25) is 0 Å². The maximum atomic E-state index is 11.1. The van der Waals surface area contributed by atoms with Gasteiger partial charge in [-0.3, -0.25) is 4.90 Å². The fraction of sp³-hybridized carbons (Fsp3) is 0.588. The summed E-state index contributed by atoms with van der Waals surface area (Å²) in [5, 5.41) is 9.10. The zero-order chi connectivity index (χ0) is 17.0. The molecule has 1 aliphatic heterocycles. The number of carbonyl (C=O) groups is 1. The van der Waals surface area contributed by atoms with Gasteiger partial charge < -0.3 is 19.3 Å². The number of para-hydroxylation sites is 1. The summed E-state index contributed by atoms with van der Waals surface area (Å²) in [6.45, 7) is 8.61. The van der Waals surface area contributed by atoms with E-state index in [4.69, 9.17) is 19.3 Å². The third-order valence-electron chi connectivity index (χ3n) is 3.82. The van der Waals surface area contributed by atoms with Gasteiger partial charge >= 0.3 is 5.97 Å². The molecule has 2 rings (SSSR count). The zero-order valence-electron chi connectivity index (χ0n) is 14.2. The Morgan fingerprint density at radius 2 is 2.22 bits per heavy atom. The number of morpholine rings is 1. The number of methoxy groups -OCH3 is 1. The predicted molar refractivity (Wildman–Crippen MR) is 86.0 cm³/mol. The third kappa shape index (κ3) is 4.59. The smallest absolute Gasteiger partial charge is 0.344 e. The number of aliphatic carboxylic acids is 1. The van der Waals surface area contributed by atoms with Crippen LogP contribution in [0.3, 0.4) is 0 Å². The summed E-state index contributed by atoms with van der Waals surface area (Å²) >= 11 is 0. The van der Waals surface area contributed by atoms with Crippen molar-refractivity contribution in [3.05, 3.63) is 23.8 Å². The van der Waals surface area contributed by atoms with Gasteiger partial charge in [0, 0.05) is 25.2 Å². The largest absolute Gasteiger partial charge is 0.493 e. The minimum atomic E-state index is -1.01. The van der Waals surface area contributed by atoms with Gasteiger partial charge in [-0.1, -0.05) is 12.1 Å². The van der Waals surface area contributed by atoms with Crippen LogP contribution in [0.1, 0.15) is 26.3 Å². The quantitative estimate of drug-likeness (QED) is 0.865. The molecule has 6 nitrogen and oxygen atoms in total. The van der Waals surface area contributed by atoms with E-state index in [0.717, 1.165) is 18.7 Å². The molecular weight excluding hydrogens is 298 g/mol. The molecule has 0 spiro atoms. The Morgan fingerprint density at radius 1 is 1.48 bits per heavy atom. The lowest BCUT2D eigenvalue weighted by atomic mass is 10.1. The van der Waals surface area contributed by atoms with Crippen molar-refractivity contribution in [3.63, 3.8) is 0 Å². The minimum absolute atomic E-state index is 0.188. The summed E-state index contributed by atoms with van der Waals surface area (Å²) in [7, 11) is 1.55. The van der Waals surface area contributed by atoms with Gasteiger partial charge in [0.2, 0.25) is 0 Å². The van der Waals surface area contributed by atoms with Crippen molar-refractivity contribution in [2.75, 3.05) is 26.8 Å². The first kappa shape index (κ1) is 17.6. The van der Waals surface area contributed by atoms with E-state index in [1.54, 1.807) is 13.2 Å². The van der Waals surface area contributed by atoms with E-state index < -0.39 is 12.1 Å². The van der Waals surface area contributed by atoms with Crippen molar-refractivity contribution in [1.29, 1.82) is 0 Å². The monoisotopic (exact) mass is 323 g/mol. The molecule has 128 valence electrons. The second-order valence-corrected chi connectivity index (χ2v) is 6.37. The number of benzene rings is 1. The second-order valence-electron chi connectivity index (χ2n) is 6.37. The number of rotatable bonds is 6. The first-order chi connectivity index (χ1) is 10.8. The molecule has 0 aromatic heterocycles. The number of hydrogen-bond donors (Lipinski definition) is 1. The first-order valence-electron chi connectivity index (χ1n) is 7.74. The SMILES string of the molecule is COc1cccc(CN2CCOC(C)(C)C2)c1OC(C)C(=O)O. The van der Waals surface area contributed by atoms with Crippen LogP contribution in [0.15, 0.2) is 18.2 Å². The van der Waals surface area contributed by atoms with Crippen LogP contribution in [0.25, 0.3) is 0 Å². The highest BCUT2D eigenvalue weighted by molar-refractivity contribution is 5.72. The van der Waals surface area contributed by atoms with Gasteiger partial charge in [0.1, 0.15) is 0 Å². The van der Waals surface area contributed by atoms with Crippen LogP contribution in [0, 0.1) is 0 Å². The molecule has 1 aromatic rings. The molecule has 1 aromatic carbocycles. The summed E-state index contributed by atoms with van der Waals surface area (Å²) in [4.78, 5) is 13.4. The lowest BCUT2D eigenvalue weighted by molar-refractivity contribution is -0.144. The molecule has 0 saturated carbocycles. The van der Waals surface area contributed by atoms with Gasteiger partial charge in [-0.15, -0.1) is 0 Å². The Morgan fingerprint density at radius 3 is 2.83 bits per heavy atom. The van der Waals surface area contributed by atoms with Crippen LogP contribution in [0.5, 0.6) is 11.5 Å². The standard InChI is InChI=1S/C17H25NO5/c1-12(16(19)20)23-15-13(6-5-7-14(15)21-4)10-18-8-9-22-17(2,3)11-18/h5-7,12H,8-11H2,1-4H3,(H,19,20). The molecule has 0 amide bonds. The van der Waals surface area contributed by atoms with E-state index in [1.165, 1.54) is 6.92 Å². The lowest BCUT2D eigenvalue weighted by Gasteiger charge is -2.38. The van der Waals surface area contributed by atoms with E-state index in [0.29, 0.717) is 24.7 Å². The highest BCUT2D eigenvalue weighted by Crippen LogP contribution is 2.33. The molecule has 1 atom stereocenters. The van der Waals surface area contributed by atoms with Crippen molar-refractivity contribution in [1.82, 2.24) is 4.90 Å². The summed E-state index contributed by atoms with van der Waals surface area (Å²) in [6.07, 6.45) is -0.939. The summed E-state index contributed by atoms with van der Waals surface area (Å²) < 4.78 is 16.7. The molecular formula is C17H25NO5. The van der Waals surface area contributed by atoms with Crippen molar-refractivity contribution in [3.8, 4) is 11.5 Å². The van der Waals surface area contributed by atoms with Gasteiger partial charge in [0.15, 0.2) is 17.6 Å². The maximum Gasteiger partial charge on any atom is 0.344 e. The predicted octanol–water partition coefficient (Wildman–Crippen LogP) is 2.16. The number of carboxylic acids is 1. The normalized spacial score (nSPS) is 19.1. The third-order valence-corrected chi connectivity index (χ3v) is 3.82. The number of hydrogen-bond acceptors (Lipinski definition) is 5. The summed E-state index contributed by atoms with van der Waals surface area (Å²) in [5.74, 6) is 0.0340. The van der Waals surface area contributed by atoms with Crippen molar-refractivity contribution in [2.24, 2.45) is 0 Å². The Kier molecular flexibility index (Phi) is 5.49. The van der Waals surface area contributed by atoms with Gasteiger partial charge in [-0.05, 0) is 26.8 Å². The van der Waals surface area contributed by atoms with Crippen molar-refractivity contribution >= 4 is 5.97 Å². The maximum absolute atomic E-state index is 11.1. The Balaban J connectivity index is 2.22. The van der Waals surface area contributed by atoms with Crippen molar-refractivity contribution < 1.29 is 24.1 Å². The van der Waals surface area contributed by atoms with Crippen LogP contribution >= 0.6 is 0 Å². The van der Waals surface area contributed by atoms with Gasteiger partial charge in [0.05, 0.1) is 19.3 Å². The fourth-order valence-electron chi connectivity index (χ4n) is 2.70. The van der Waals surface area contributed by atoms with Gasteiger partial charge in [-0.2, -0.15) is 0 Å². The second kappa shape index (κ2) is 7.19. The number of ether oxygens (including phenoxy) is 3. The van der Waals surface area contributed by atoms with E-state index in [9.17, 15) is 4.79 Å². The number of nitrogens with zero attached hydrogens (tertiary/aromatic N) is 1. The minimum Gasteiger partial charge on any atom is -0.493 e. The van der Waals surface area contributed by atoms with E-state index in [-0.39, 0.29) is 5.60 Å². The van der Waals surface area contributed by atoms with Gasteiger partial charge in [-0.25, -0.2) is 4.79 Å². The highest BCUT2D eigenvalue weighted by atomic mass is 16.5. The van der Waals surface area contributed by atoms with Crippen molar-refractivity contribution in [2.45, 2.75) is 39.0 Å². The lowest BCUT2D eigenvalue weighted by Crippen LogP contribution is -2.47. The molecule has 1 aliphatic rings. The average Bonchev–Trinajstić information content (AvgIpc) is 2.47. The van der Waals surface area contributed by atoms with E-state index >= 15 is 0 Å². The molecule has 0 aliphatic carbocycles. The summed E-state index contributed by atoms with van der Waals surface area (Å²) in [5.41, 5.74) is 0.724. The van der Waals surface area contributed by atoms with Crippen LogP contribution in [0.4, 0.5) is 0 Å². The highest BCUT2D eigenvalue weighted by Gasteiger charge is 2.28. The fourth-order valence-corrected chi connectivity index (χ4v) is 2.70. The zero-order valence-corrected chi connectivity index (χ0v) is 14.2. The molecule has 1 fully saturated rings. The Bertz CT molecular complexity index is 558. The molecule has 0 bridgehead atoms. The van der Waals surface area contributed by atoms with Crippen LogP contribution < -0.4 is 9.47 Å². The topological polar surface area (TPSA) is 68.2 Å². The molecule has 23 heavy (non-hydrogen) atoms. The summed E-state index contributed by atoms with van der Waals surface area (Å²) in [6, 6.07) is 5.60.